The van der Waals surface area contributed by atoms with Crippen LogP contribution in [-0.2, 0) is 17.6 Å². The highest BCUT2D eigenvalue weighted by molar-refractivity contribution is 6.11. The van der Waals surface area contributed by atoms with Crippen LogP contribution < -0.4 is 0 Å². The minimum Gasteiger partial charge on any atom is -0.378 e. The first kappa shape index (κ1) is 13.4. The highest BCUT2D eigenvalue weighted by Gasteiger charge is 2.28. The Labute approximate surface area is 119 Å². The fourth-order valence-electron chi connectivity index (χ4n) is 3.22. The molecule has 1 fully saturated rings. The number of nitrogens with zero attached hydrogens (tertiary/aromatic N) is 1. The molecule has 1 saturated heterocycles. The van der Waals surface area contributed by atoms with Gasteiger partial charge < -0.3 is 14.6 Å². The molecule has 0 bridgehead atoms. The molecule has 1 aromatic rings. The average Bonchev–Trinajstić information content (AvgIpc) is 2.79. The van der Waals surface area contributed by atoms with Gasteiger partial charge in [0.2, 0.25) is 0 Å². The molecular formula is C16H22N2O2. The molecule has 20 heavy (non-hydrogen) atoms. The highest BCUT2D eigenvalue weighted by atomic mass is 16.5. The number of morpholine rings is 1. The van der Waals surface area contributed by atoms with Crippen LogP contribution in [0.25, 0.3) is 0 Å². The summed E-state index contributed by atoms with van der Waals surface area (Å²) in [5.41, 5.74) is 5.36. The van der Waals surface area contributed by atoms with Crippen molar-refractivity contribution in [1.29, 1.82) is 0 Å². The summed E-state index contributed by atoms with van der Waals surface area (Å²) in [5, 5.41) is 0. The summed E-state index contributed by atoms with van der Waals surface area (Å²) in [6.45, 7) is 7.46. The second kappa shape index (κ2) is 5.44. The molecule has 0 radical (unpaired) electrons. The maximum Gasteiger partial charge on any atom is 0.192 e. The van der Waals surface area contributed by atoms with E-state index in [9.17, 15) is 4.79 Å². The molecule has 108 valence electrons. The molecule has 2 aliphatic rings. The monoisotopic (exact) mass is 274 g/mol. The van der Waals surface area contributed by atoms with Crippen molar-refractivity contribution in [2.45, 2.75) is 33.1 Å². The number of hydrogen-bond acceptors (Lipinski definition) is 3. The van der Waals surface area contributed by atoms with Crippen LogP contribution in [-0.4, -0.2) is 42.0 Å². The number of ketones is 1. The van der Waals surface area contributed by atoms with Gasteiger partial charge >= 0.3 is 0 Å². The van der Waals surface area contributed by atoms with Crippen LogP contribution in [0.1, 0.15) is 40.7 Å². The minimum absolute atomic E-state index is 0.221. The lowest BCUT2D eigenvalue weighted by atomic mass is 9.88. The highest BCUT2D eigenvalue weighted by Crippen LogP contribution is 2.30. The Hall–Kier alpha value is -1.55. The predicted octanol–water partition coefficient (Wildman–Crippen LogP) is 2.23. The number of aromatic amines is 1. The molecule has 0 atom stereocenters. The Bertz CT molecular complexity index is 551. The van der Waals surface area contributed by atoms with Gasteiger partial charge in [-0.1, -0.05) is 6.92 Å². The molecule has 0 unspecified atom stereocenters. The van der Waals surface area contributed by atoms with E-state index in [0.717, 1.165) is 68.1 Å². The summed E-state index contributed by atoms with van der Waals surface area (Å²) in [5.74, 6) is 0.221. The number of aromatic nitrogens is 1. The van der Waals surface area contributed by atoms with E-state index in [-0.39, 0.29) is 5.78 Å². The lowest BCUT2D eigenvalue weighted by molar-refractivity contribution is 0.0586. The van der Waals surface area contributed by atoms with E-state index in [2.05, 4.69) is 29.9 Å². The number of carbonyl (C=O) groups excluding carboxylic acids is 1. The number of carbonyl (C=O) groups is 1. The fourth-order valence-corrected chi connectivity index (χ4v) is 3.22. The number of Topliss-reactive ketones (excluding diaryl/α,β-unsaturated/α-hetero) is 1. The molecule has 3 rings (SSSR count). The van der Waals surface area contributed by atoms with E-state index in [1.165, 1.54) is 5.56 Å². The van der Waals surface area contributed by atoms with Gasteiger partial charge in [0.15, 0.2) is 5.78 Å². The smallest absolute Gasteiger partial charge is 0.192 e. The largest absolute Gasteiger partial charge is 0.378 e. The van der Waals surface area contributed by atoms with Crippen LogP contribution in [0.2, 0.25) is 0 Å². The minimum atomic E-state index is 0.221. The molecule has 4 nitrogen and oxygen atoms in total. The SMILES string of the molecule is CCc1c(C)[nH]c2c1C(=O)/C(=C/N1CCOCC1)CC2. The van der Waals surface area contributed by atoms with Gasteiger partial charge in [0.05, 0.1) is 13.2 Å². The van der Waals surface area contributed by atoms with E-state index in [1.54, 1.807) is 0 Å². The van der Waals surface area contributed by atoms with Crippen molar-refractivity contribution in [2.75, 3.05) is 26.3 Å². The van der Waals surface area contributed by atoms with Gasteiger partial charge in [0, 0.05) is 41.8 Å². The Balaban J connectivity index is 1.90. The summed E-state index contributed by atoms with van der Waals surface area (Å²) in [6.07, 6.45) is 4.76. The van der Waals surface area contributed by atoms with E-state index < -0.39 is 0 Å². The normalized spacial score (nSPS) is 21.4. The Morgan fingerprint density at radius 1 is 1.30 bits per heavy atom. The van der Waals surface area contributed by atoms with Crippen molar-refractivity contribution in [1.82, 2.24) is 9.88 Å². The topological polar surface area (TPSA) is 45.3 Å². The second-order valence-corrected chi connectivity index (χ2v) is 5.57. The Kier molecular flexibility index (Phi) is 3.66. The van der Waals surface area contributed by atoms with Crippen molar-refractivity contribution in [3.8, 4) is 0 Å². The summed E-state index contributed by atoms with van der Waals surface area (Å²) < 4.78 is 5.35. The maximum absolute atomic E-state index is 12.7. The van der Waals surface area contributed by atoms with E-state index in [0.29, 0.717) is 0 Å². The van der Waals surface area contributed by atoms with Crippen LogP contribution in [0.15, 0.2) is 11.8 Å². The van der Waals surface area contributed by atoms with E-state index in [1.807, 2.05) is 0 Å². The first-order valence-corrected chi connectivity index (χ1v) is 7.48. The molecule has 0 spiro atoms. The van der Waals surface area contributed by atoms with Gasteiger partial charge in [-0.05, 0) is 31.7 Å². The van der Waals surface area contributed by atoms with E-state index >= 15 is 0 Å². The Morgan fingerprint density at radius 2 is 2.05 bits per heavy atom. The number of nitrogens with one attached hydrogen (secondary N) is 1. The molecule has 1 N–H and O–H groups in total. The van der Waals surface area contributed by atoms with Crippen LogP contribution in [0, 0.1) is 6.92 Å². The third-order valence-electron chi connectivity index (χ3n) is 4.30. The number of ether oxygens (including phenoxy) is 1. The number of hydrogen-bond donors (Lipinski definition) is 1. The molecule has 0 saturated carbocycles. The zero-order valence-corrected chi connectivity index (χ0v) is 12.3. The quantitative estimate of drug-likeness (QED) is 0.841. The second-order valence-electron chi connectivity index (χ2n) is 5.57. The molecule has 0 aromatic carbocycles. The average molecular weight is 274 g/mol. The van der Waals surface area contributed by atoms with Crippen LogP contribution >= 0.6 is 0 Å². The van der Waals surface area contributed by atoms with Gasteiger partial charge in [-0.25, -0.2) is 0 Å². The van der Waals surface area contributed by atoms with Crippen LogP contribution in [0.3, 0.4) is 0 Å². The molecule has 2 heterocycles. The molecular weight excluding hydrogens is 252 g/mol. The van der Waals surface area contributed by atoms with Crippen molar-refractivity contribution >= 4 is 5.78 Å². The van der Waals surface area contributed by atoms with E-state index in [4.69, 9.17) is 4.74 Å². The third-order valence-corrected chi connectivity index (χ3v) is 4.30. The number of allylic oxidation sites excluding steroid dienone is 1. The standard InChI is InChI=1S/C16H22N2O2/c1-3-13-11(2)17-14-5-4-12(16(19)15(13)14)10-18-6-8-20-9-7-18/h10,17H,3-9H2,1-2H3/b12-10+. The number of fused-ring (bicyclic) bond motifs is 1. The van der Waals surface area contributed by atoms with Crippen LogP contribution in [0.4, 0.5) is 0 Å². The third kappa shape index (κ3) is 2.29. The van der Waals surface area contributed by atoms with Gasteiger partial charge in [-0.2, -0.15) is 0 Å². The first-order valence-electron chi connectivity index (χ1n) is 7.48. The predicted molar refractivity (Wildman–Crippen MR) is 78.0 cm³/mol. The molecule has 1 aliphatic heterocycles. The number of aryl methyl sites for hydroxylation is 2. The summed E-state index contributed by atoms with van der Waals surface area (Å²) >= 11 is 0. The number of H-pyrrole nitrogens is 1. The summed E-state index contributed by atoms with van der Waals surface area (Å²) in [7, 11) is 0. The maximum atomic E-state index is 12.7. The molecule has 1 aliphatic carbocycles. The lowest BCUT2D eigenvalue weighted by Gasteiger charge is -2.27. The van der Waals surface area contributed by atoms with Gasteiger partial charge in [-0.15, -0.1) is 0 Å². The van der Waals surface area contributed by atoms with Gasteiger partial charge in [-0.3, -0.25) is 4.79 Å². The van der Waals surface area contributed by atoms with Crippen LogP contribution in [0.5, 0.6) is 0 Å². The summed E-state index contributed by atoms with van der Waals surface area (Å²) in [4.78, 5) is 18.3. The van der Waals surface area contributed by atoms with Crippen molar-refractivity contribution in [3.05, 3.63) is 34.3 Å². The zero-order chi connectivity index (χ0) is 14.1. The van der Waals surface area contributed by atoms with Crippen molar-refractivity contribution in [2.24, 2.45) is 0 Å². The number of rotatable bonds is 2. The zero-order valence-electron chi connectivity index (χ0n) is 12.3. The lowest BCUT2D eigenvalue weighted by Crippen LogP contribution is -2.33. The first-order chi connectivity index (χ1) is 9.70. The fraction of sp³-hybridized carbons (Fsp3) is 0.562. The molecule has 1 aromatic heterocycles. The molecule has 4 heteroatoms. The van der Waals surface area contributed by atoms with Gasteiger partial charge in [0.25, 0.3) is 0 Å². The van der Waals surface area contributed by atoms with Crippen molar-refractivity contribution < 1.29 is 9.53 Å². The summed E-state index contributed by atoms with van der Waals surface area (Å²) in [6, 6.07) is 0. The Morgan fingerprint density at radius 3 is 2.75 bits per heavy atom. The molecule has 0 amide bonds. The van der Waals surface area contributed by atoms with Gasteiger partial charge in [0.1, 0.15) is 0 Å². The van der Waals surface area contributed by atoms with Crippen molar-refractivity contribution in [3.63, 3.8) is 0 Å².